The highest BCUT2D eigenvalue weighted by Gasteiger charge is 1.97. The number of nitrogens with two attached hydrogens (primary N) is 1. The number of hydrogen-bond donors (Lipinski definition) is 1. The number of hydrogen-bond acceptors (Lipinski definition) is 3. The van der Waals surface area contributed by atoms with Crippen LogP contribution in [0, 0.1) is 6.92 Å². The second-order valence-corrected chi connectivity index (χ2v) is 2.22. The first kappa shape index (κ1) is 7.02. The van der Waals surface area contributed by atoms with Crippen LogP contribution in [-0.4, -0.2) is 12.0 Å². The van der Waals surface area contributed by atoms with Gasteiger partial charge in [-0.05, 0) is 19.1 Å². The predicted molar refractivity (Wildman–Crippen MR) is 41.6 cm³/mol. The molecule has 54 valence electrons. The Kier molecular flexibility index (Phi) is 1.87. The summed E-state index contributed by atoms with van der Waals surface area (Å²) in [5.74, 6) is 5.51. The van der Waals surface area contributed by atoms with Crippen LogP contribution in [0.5, 0.6) is 0 Å². The van der Waals surface area contributed by atoms with Crippen molar-refractivity contribution in [2.45, 2.75) is 6.92 Å². The summed E-state index contributed by atoms with van der Waals surface area (Å²) in [4.78, 5) is 4.08. The van der Waals surface area contributed by atoms with Crippen LogP contribution >= 0.6 is 0 Å². The van der Waals surface area contributed by atoms with E-state index in [0.717, 1.165) is 11.4 Å². The summed E-state index contributed by atoms with van der Waals surface area (Å²) < 4.78 is 0. The summed E-state index contributed by atoms with van der Waals surface area (Å²) in [6, 6.07) is 3.80. The summed E-state index contributed by atoms with van der Waals surface area (Å²) >= 11 is 0. The average molecular weight is 137 g/mol. The maximum Gasteiger partial charge on any atom is 0.0726 e. The van der Waals surface area contributed by atoms with Gasteiger partial charge in [0, 0.05) is 13.2 Å². The van der Waals surface area contributed by atoms with Crippen molar-refractivity contribution in [2.24, 2.45) is 5.84 Å². The van der Waals surface area contributed by atoms with Crippen LogP contribution in [0.1, 0.15) is 5.69 Å². The van der Waals surface area contributed by atoms with E-state index in [1.807, 2.05) is 19.1 Å². The second kappa shape index (κ2) is 2.66. The van der Waals surface area contributed by atoms with Gasteiger partial charge in [0.1, 0.15) is 0 Å². The van der Waals surface area contributed by atoms with Crippen molar-refractivity contribution in [3.63, 3.8) is 0 Å². The molecule has 3 nitrogen and oxygen atoms in total. The molecule has 0 unspecified atom stereocenters. The zero-order chi connectivity index (χ0) is 7.56. The van der Waals surface area contributed by atoms with Crippen LogP contribution in [0.4, 0.5) is 5.69 Å². The molecule has 0 spiro atoms. The minimum Gasteiger partial charge on any atom is -0.312 e. The maximum absolute atomic E-state index is 5.51. The standard InChI is InChI=1S/C7H11N3/c1-6-7(10(2)8)4-3-5-9-6/h3-5H,8H2,1-2H3. The minimum absolute atomic E-state index is 0.951. The molecule has 1 heterocycles. The maximum atomic E-state index is 5.51. The highest BCUT2D eigenvalue weighted by molar-refractivity contribution is 5.47. The van der Waals surface area contributed by atoms with Gasteiger partial charge in [-0.3, -0.25) is 4.98 Å². The molecular formula is C7H11N3. The average Bonchev–Trinajstić information content (AvgIpc) is 1.88. The SMILES string of the molecule is Cc1ncccc1N(C)N. The molecule has 0 saturated heterocycles. The van der Waals surface area contributed by atoms with Crippen molar-refractivity contribution in [1.29, 1.82) is 0 Å². The number of aromatic nitrogens is 1. The van der Waals surface area contributed by atoms with E-state index in [9.17, 15) is 0 Å². The van der Waals surface area contributed by atoms with Gasteiger partial charge in [0.25, 0.3) is 0 Å². The zero-order valence-electron chi connectivity index (χ0n) is 6.20. The largest absolute Gasteiger partial charge is 0.312 e. The van der Waals surface area contributed by atoms with E-state index in [4.69, 9.17) is 5.84 Å². The summed E-state index contributed by atoms with van der Waals surface area (Å²) in [5, 5.41) is 1.56. The Morgan fingerprint density at radius 1 is 1.60 bits per heavy atom. The van der Waals surface area contributed by atoms with E-state index in [2.05, 4.69) is 4.98 Å². The first-order valence-electron chi connectivity index (χ1n) is 3.12. The molecule has 0 aliphatic rings. The molecule has 0 radical (unpaired) electrons. The summed E-state index contributed by atoms with van der Waals surface area (Å²) in [7, 11) is 1.80. The summed E-state index contributed by atoms with van der Waals surface area (Å²) in [5.41, 5.74) is 1.91. The number of aryl methyl sites for hydroxylation is 1. The Bertz CT molecular complexity index is 220. The predicted octanol–water partition coefficient (Wildman–Crippen LogP) is 0.700. The van der Waals surface area contributed by atoms with Gasteiger partial charge in [0.2, 0.25) is 0 Å². The Labute approximate surface area is 60.5 Å². The van der Waals surface area contributed by atoms with E-state index in [-0.39, 0.29) is 0 Å². The van der Waals surface area contributed by atoms with Crippen LogP contribution in [0.15, 0.2) is 18.3 Å². The molecule has 1 aromatic rings. The number of rotatable bonds is 1. The third-order valence-corrected chi connectivity index (χ3v) is 1.36. The van der Waals surface area contributed by atoms with Gasteiger partial charge in [-0.15, -0.1) is 0 Å². The highest BCUT2D eigenvalue weighted by Crippen LogP contribution is 2.11. The lowest BCUT2D eigenvalue weighted by Crippen LogP contribution is -2.25. The molecule has 0 amide bonds. The van der Waals surface area contributed by atoms with Crippen molar-refractivity contribution in [1.82, 2.24) is 4.98 Å². The molecular weight excluding hydrogens is 126 g/mol. The number of pyridine rings is 1. The Morgan fingerprint density at radius 3 is 2.70 bits per heavy atom. The van der Waals surface area contributed by atoms with E-state index < -0.39 is 0 Å². The quantitative estimate of drug-likeness (QED) is 0.457. The van der Waals surface area contributed by atoms with E-state index >= 15 is 0 Å². The molecule has 1 rings (SSSR count). The monoisotopic (exact) mass is 137 g/mol. The van der Waals surface area contributed by atoms with Gasteiger partial charge in [-0.2, -0.15) is 0 Å². The lowest BCUT2D eigenvalue weighted by atomic mass is 10.3. The van der Waals surface area contributed by atoms with Crippen molar-refractivity contribution < 1.29 is 0 Å². The van der Waals surface area contributed by atoms with Crippen LogP contribution < -0.4 is 10.9 Å². The number of anilines is 1. The van der Waals surface area contributed by atoms with Crippen molar-refractivity contribution >= 4 is 5.69 Å². The van der Waals surface area contributed by atoms with Crippen molar-refractivity contribution in [3.05, 3.63) is 24.0 Å². The smallest absolute Gasteiger partial charge is 0.0726 e. The Morgan fingerprint density at radius 2 is 2.30 bits per heavy atom. The van der Waals surface area contributed by atoms with Crippen molar-refractivity contribution in [3.8, 4) is 0 Å². The number of nitrogens with zero attached hydrogens (tertiary/aromatic N) is 2. The molecule has 0 saturated carbocycles. The molecule has 0 aromatic carbocycles. The first-order chi connectivity index (χ1) is 4.72. The van der Waals surface area contributed by atoms with Gasteiger partial charge in [-0.25, -0.2) is 5.84 Å². The van der Waals surface area contributed by atoms with Crippen LogP contribution in [0.2, 0.25) is 0 Å². The van der Waals surface area contributed by atoms with Crippen LogP contribution in [0.3, 0.4) is 0 Å². The van der Waals surface area contributed by atoms with Gasteiger partial charge in [0.15, 0.2) is 0 Å². The molecule has 1 aromatic heterocycles. The van der Waals surface area contributed by atoms with Gasteiger partial charge in [0.05, 0.1) is 11.4 Å². The minimum atomic E-state index is 0.951. The van der Waals surface area contributed by atoms with E-state index in [1.54, 1.807) is 18.3 Å². The normalized spacial score (nSPS) is 9.50. The second-order valence-electron chi connectivity index (χ2n) is 2.22. The fraction of sp³-hybridized carbons (Fsp3) is 0.286. The summed E-state index contributed by atoms with van der Waals surface area (Å²) in [6.45, 7) is 1.93. The molecule has 0 bridgehead atoms. The molecule has 10 heavy (non-hydrogen) atoms. The molecule has 0 fully saturated rings. The van der Waals surface area contributed by atoms with Gasteiger partial charge in [-0.1, -0.05) is 0 Å². The Hall–Kier alpha value is -1.09. The zero-order valence-corrected chi connectivity index (χ0v) is 6.20. The number of hydrazine groups is 1. The topological polar surface area (TPSA) is 42.2 Å². The van der Waals surface area contributed by atoms with Gasteiger partial charge >= 0.3 is 0 Å². The molecule has 2 N–H and O–H groups in total. The fourth-order valence-corrected chi connectivity index (χ4v) is 0.849. The molecule has 3 heteroatoms. The molecule has 0 aliphatic heterocycles. The molecule has 0 atom stereocenters. The lowest BCUT2D eigenvalue weighted by Gasteiger charge is -2.12. The van der Waals surface area contributed by atoms with Crippen LogP contribution in [0.25, 0.3) is 0 Å². The Balaban J connectivity index is 3.03. The fourth-order valence-electron chi connectivity index (χ4n) is 0.849. The highest BCUT2D eigenvalue weighted by atomic mass is 15.4. The van der Waals surface area contributed by atoms with Crippen LogP contribution in [-0.2, 0) is 0 Å². The van der Waals surface area contributed by atoms with Crippen molar-refractivity contribution in [2.75, 3.05) is 12.1 Å². The first-order valence-corrected chi connectivity index (χ1v) is 3.12. The van der Waals surface area contributed by atoms with Gasteiger partial charge < -0.3 is 5.01 Å². The van der Waals surface area contributed by atoms with E-state index in [1.165, 1.54) is 0 Å². The molecule has 0 aliphatic carbocycles. The lowest BCUT2D eigenvalue weighted by molar-refractivity contribution is 0.988. The third kappa shape index (κ3) is 1.25. The summed E-state index contributed by atoms with van der Waals surface area (Å²) in [6.07, 6.45) is 1.75. The third-order valence-electron chi connectivity index (χ3n) is 1.36. The van der Waals surface area contributed by atoms with E-state index in [0.29, 0.717) is 0 Å².